The highest BCUT2D eigenvalue weighted by Crippen LogP contribution is 2.29. The molecule has 1 fully saturated rings. The van der Waals surface area contributed by atoms with Crippen LogP contribution in [0, 0.1) is 0 Å². The Hall–Kier alpha value is -0.780. The highest BCUT2D eigenvalue weighted by atomic mass is 32.2. The van der Waals surface area contributed by atoms with Crippen LogP contribution in [-0.4, -0.2) is 46.6 Å². The van der Waals surface area contributed by atoms with Crippen LogP contribution in [0.4, 0.5) is 0 Å². The van der Waals surface area contributed by atoms with Gasteiger partial charge < -0.3 is 10.5 Å². The normalized spacial score (nSPS) is 18.7. The molecule has 2 N–H and O–H groups in total. The minimum absolute atomic E-state index is 0.342. The molecule has 2 rings (SSSR count). The molecule has 3 nitrogen and oxygen atoms in total. The number of para-hydroxylation sites is 1. The zero-order valence-electron chi connectivity index (χ0n) is 12.1. The molecule has 0 saturated carbocycles. The predicted octanol–water partition coefficient (Wildman–Crippen LogP) is 2.53. The first-order valence-electron chi connectivity index (χ1n) is 6.86. The lowest BCUT2D eigenvalue weighted by Crippen LogP contribution is -2.44. The second kappa shape index (κ2) is 6.78. The van der Waals surface area contributed by atoms with Crippen LogP contribution < -0.4 is 10.5 Å². The number of thiocarbonyl (C=S) groups is 1. The molecule has 1 saturated heterocycles. The quantitative estimate of drug-likeness (QED) is 0.846. The van der Waals surface area contributed by atoms with E-state index in [1.165, 1.54) is 5.75 Å². The third kappa shape index (κ3) is 4.36. The largest absolute Gasteiger partial charge is 0.492 e. The van der Waals surface area contributed by atoms with Gasteiger partial charge in [-0.25, -0.2) is 0 Å². The molecule has 1 aromatic rings. The Morgan fingerprint density at radius 2 is 2.20 bits per heavy atom. The fraction of sp³-hybridized carbons (Fsp3) is 0.533. The van der Waals surface area contributed by atoms with Crippen molar-refractivity contribution in [3.05, 3.63) is 29.8 Å². The van der Waals surface area contributed by atoms with E-state index in [1.807, 2.05) is 36.0 Å². The maximum absolute atomic E-state index is 5.85. The van der Waals surface area contributed by atoms with Crippen molar-refractivity contribution >= 4 is 29.0 Å². The fourth-order valence-electron chi connectivity index (χ4n) is 2.39. The number of ether oxygens (including phenoxy) is 1. The Balaban J connectivity index is 1.86. The van der Waals surface area contributed by atoms with Gasteiger partial charge in [0.25, 0.3) is 0 Å². The Kier molecular flexibility index (Phi) is 5.29. The van der Waals surface area contributed by atoms with Gasteiger partial charge in [-0.05, 0) is 26.0 Å². The molecule has 0 atom stereocenters. The maximum Gasteiger partial charge on any atom is 0.129 e. The summed E-state index contributed by atoms with van der Waals surface area (Å²) in [5.41, 5.74) is 6.52. The summed E-state index contributed by atoms with van der Waals surface area (Å²) in [5.74, 6) is 1.97. The molecule has 1 aliphatic rings. The first kappa shape index (κ1) is 15.6. The average Bonchev–Trinajstić information content (AvgIpc) is 2.38. The zero-order valence-corrected chi connectivity index (χ0v) is 13.7. The summed E-state index contributed by atoms with van der Waals surface area (Å²) in [4.78, 5) is 2.84. The van der Waals surface area contributed by atoms with Crippen molar-refractivity contribution in [1.82, 2.24) is 4.90 Å². The Labute approximate surface area is 130 Å². The first-order chi connectivity index (χ1) is 9.48. The van der Waals surface area contributed by atoms with Crippen LogP contribution in [0.3, 0.4) is 0 Å². The van der Waals surface area contributed by atoms with Gasteiger partial charge in [0.05, 0.1) is 5.56 Å². The standard InChI is InChI=1S/C15H22N2OS2/c1-15(2)11-17(8-10-20-15)7-9-18-13-6-4-3-5-12(13)14(16)19/h3-6H,7-11H2,1-2H3,(H2,16,19). The number of nitrogens with zero attached hydrogens (tertiary/aromatic N) is 1. The van der Waals surface area contributed by atoms with E-state index in [2.05, 4.69) is 18.7 Å². The van der Waals surface area contributed by atoms with Gasteiger partial charge in [0, 0.05) is 30.1 Å². The second-order valence-corrected chi connectivity index (χ2v) is 7.84. The lowest BCUT2D eigenvalue weighted by Gasteiger charge is -2.37. The molecule has 0 bridgehead atoms. The minimum atomic E-state index is 0.342. The van der Waals surface area contributed by atoms with Gasteiger partial charge in [-0.15, -0.1) is 0 Å². The molecule has 5 heteroatoms. The van der Waals surface area contributed by atoms with E-state index in [0.29, 0.717) is 16.3 Å². The van der Waals surface area contributed by atoms with Crippen LogP contribution >= 0.6 is 24.0 Å². The van der Waals surface area contributed by atoms with Crippen molar-refractivity contribution < 1.29 is 4.74 Å². The summed E-state index contributed by atoms with van der Waals surface area (Å²) in [7, 11) is 0. The zero-order chi connectivity index (χ0) is 14.6. The number of rotatable bonds is 5. The predicted molar refractivity (Wildman–Crippen MR) is 90.8 cm³/mol. The van der Waals surface area contributed by atoms with Crippen molar-refractivity contribution in [3.8, 4) is 5.75 Å². The number of hydrogen-bond acceptors (Lipinski definition) is 4. The number of nitrogens with two attached hydrogens (primary N) is 1. The van der Waals surface area contributed by atoms with Crippen molar-refractivity contribution in [2.24, 2.45) is 5.73 Å². The third-order valence-corrected chi connectivity index (χ3v) is 4.84. The van der Waals surface area contributed by atoms with Crippen molar-refractivity contribution in [1.29, 1.82) is 0 Å². The number of benzene rings is 1. The smallest absolute Gasteiger partial charge is 0.129 e. The van der Waals surface area contributed by atoms with E-state index in [4.69, 9.17) is 22.7 Å². The van der Waals surface area contributed by atoms with Crippen LogP contribution in [0.25, 0.3) is 0 Å². The van der Waals surface area contributed by atoms with E-state index >= 15 is 0 Å². The summed E-state index contributed by atoms with van der Waals surface area (Å²) in [6.45, 7) is 8.45. The molecule has 0 unspecified atom stereocenters. The summed E-state index contributed by atoms with van der Waals surface area (Å²) in [6.07, 6.45) is 0. The molecule has 0 amide bonds. The molecule has 1 heterocycles. The number of hydrogen-bond donors (Lipinski definition) is 1. The Morgan fingerprint density at radius 3 is 2.90 bits per heavy atom. The molecule has 0 aliphatic carbocycles. The van der Waals surface area contributed by atoms with Gasteiger partial charge in [0.1, 0.15) is 17.3 Å². The van der Waals surface area contributed by atoms with Gasteiger partial charge in [-0.3, -0.25) is 4.90 Å². The van der Waals surface area contributed by atoms with Crippen LogP contribution in [0.5, 0.6) is 5.75 Å². The monoisotopic (exact) mass is 310 g/mol. The summed E-state index contributed by atoms with van der Waals surface area (Å²) >= 11 is 7.08. The second-order valence-electron chi connectivity index (χ2n) is 5.59. The highest BCUT2D eigenvalue weighted by molar-refractivity contribution is 8.00. The molecular formula is C15H22N2OS2. The van der Waals surface area contributed by atoms with E-state index in [0.717, 1.165) is 30.9 Å². The molecule has 20 heavy (non-hydrogen) atoms. The SMILES string of the molecule is CC1(C)CN(CCOc2ccccc2C(N)=S)CCS1. The number of thioether (sulfide) groups is 1. The highest BCUT2D eigenvalue weighted by Gasteiger charge is 2.26. The van der Waals surface area contributed by atoms with Gasteiger partial charge in [-0.2, -0.15) is 11.8 Å². The first-order valence-corrected chi connectivity index (χ1v) is 8.25. The molecule has 0 aromatic heterocycles. The molecule has 0 spiro atoms. The van der Waals surface area contributed by atoms with Crippen LogP contribution in [0.1, 0.15) is 19.4 Å². The van der Waals surface area contributed by atoms with Gasteiger partial charge in [-0.1, -0.05) is 24.4 Å². The lowest BCUT2D eigenvalue weighted by atomic mass is 10.2. The summed E-state index contributed by atoms with van der Waals surface area (Å²) in [6, 6.07) is 7.69. The van der Waals surface area contributed by atoms with Gasteiger partial charge in [0.2, 0.25) is 0 Å². The maximum atomic E-state index is 5.85. The van der Waals surface area contributed by atoms with Gasteiger partial charge >= 0.3 is 0 Å². The Bertz CT molecular complexity index is 477. The van der Waals surface area contributed by atoms with Crippen LogP contribution in [0.2, 0.25) is 0 Å². The summed E-state index contributed by atoms with van der Waals surface area (Å²) < 4.78 is 6.20. The molecule has 0 radical (unpaired) electrons. The fourth-order valence-corrected chi connectivity index (χ4v) is 3.73. The van der Waals surface area contributed by atoms with Crippen LogP contribution in [0.15, 0.2) is 24.3 Å². The Morgan fingerprint density at radius 1 is 1.45 bits per heavy atom. The van der Waals surface area contributed by atoms with Crippen molar-refractivity contribution in [2.75, 3.05) is 32.0 Å². The molecule has 1 aromatic carbocycles. The van der Waals surface area contributed by atoms with E-state index in [1.54, 1.807) is 0 Å². The minimum Gasteiger partial charge on any atom is -0.492 e. The third-order valence-electron chi connectivity index (χ3n) is 3.32. The van der Waals surface area contributed by atoms with E-state index in [9.17, 15) is 0 Å². The van der Waals surface area contributed by atoms with E-state index < -0.39 is 0 Å². The summed E-state index contributed by atoms with van der Waals surface area (Å²) in [5, 5.41) is 0. The topological polar surface area (TPSA) is 38.5 Å². The lowest BCUT2D eigenvalue weighted by molar-refractivity contribution is 0.202. The molecule has 1 aliphatic heterocycles. The van der Waals surface area contributed by atoms with E-state index in [-0.39, 0.29) is 0 Å². The van der Waals surface area contributed by atoms with Crippen LogP contribution in [-0.2, 0) is 0 Å². The average molecular weight is 310 g/mol. The molecule has 110 valence electrons. The van der Waals surface area contributed by atoms with Crippen molar-refractivity contribution in [3.63, 3.8) is 0 Å². The molecular weight excluding hydrogens is 288 g/mol. The van der Waals surface area contributed by atoms with Crippen molar-refractivity contribution in [2.45, 2.75) is 18.6 Å². The van der Waals surface area contributed by atoms with Gasteiger partial charge in [0.15, 0.2) is 0 Å².